The Bertz CT molecular complexity index is 336. The number of carbonyl (C=O) groups excluding carboxylic acids is 2. The van der Waals surface area contributed by atoms with E-state index in [1.54, 1.807) is 11.9 Å². The maximum absolute atomic E-state index is 12.0. The van der Waals surface area contributed by atoms with Gasteiger partial charge in [0.05, 0.1) is 6.04 Å². The number of nitrogens with zero attached hydrogens (tertiary/aromatic N) is 2. The zero-order valence-corrected chi connectivity index (χ0v) is 12.7. The van der Waals surface area contributed by atoms with Gasteiger partial charge in [-0.15, -0.1) is 0 Å². The van der Waals surface area contributed by atoms with Crippen molar-refractivity contribution in [3.8, 4) is 0 Å². The molecule has 1 rings (SSSR count). The number of hydrogen-bond acceptors (Lipinski definition) is 3. The molecule has 0 saturated carbocycles. The summed E-state index contributed by atoms with van der Waals surface area (Å²) in [4.78, 5) is 27.2. The minimum Gasteiger partial charge on any atom is -0.444 e. The maximum Gasteiger partial charge on any atom is 0.410 e. The van der Waals surface area contributed by atoms with Crippen molar-refractivity contribution in [1.82, 2.24) is 9.80 Å². The van der Waals surface area contributed by atoms with Crippen LogP contribution in [0.5, 0.6) is 0 Å². The van der Waals surface area contributed by atoms with E-state index in [1.165, 1.54) is 0 Å². The monoisotopic (exact) mass is 270 g/mol. The highest BCUT2D eigenvalue weighted by Crippen LogP contribution is 2.18. The Morgan fingerprint density at radius 1 is 1.37 bits per heavy atom. The van der Waals surface area contributed by atoms with Gasteiger partial charge in [-0.2, -0.15) is 0 Å². The molecule has 1 aliphatic heterocycles. The quantitative estimate of drug-likeness (QED) is 0.773. The molecule has 5 nitrogen and oxygen atoms in total. The first kappa shape index (κ1) is 15.8. The predicted octanol–water partition coefficient (Wildman–Crippen LogP) is 2.25. The molecule has 2 amide bonds. The van der Waals surface area contributed by atoms with Crippen molar-refractivity contribution < 1.29 is 14.3 Å². The van der Waals surface area contributed by atoms with E-state index in [4.69, 9.17) is 4.74 Å². The molecule has 0 aromatic rings. The molecule has 0 aliphatic carbocycles. The van der Waals surface area contributed by atoms with E-state index in [0.717, 1.165) is 19.4 Å². The molecule has 19 heavy (non-hydrogen) atoms. The van der Waals surface area contributed by atoms with Crippen LogP contribution in [0.25, 0.3) is 0 Å². The van der Waals surface area contributed by atoms with Crippen molar-refractivity contribution in [1.29, 1.82) is 0 Å². The lowest BCUT2D eigenvalue weighted by atomic mass is 10.0. The van der Waals surface area contributed by atoms with E-state index in [1.807, 2.05) is 32.6 Å². The highest BCUT2D eigenvalue weighted by atomic mass is 16.6. The van der Waals surface area contributed by atoms with Gasteiger partial charge < -0.3 is 14.5 Å². The molecule has 0 spiro atoms. The molecule has 1 saturated heterocycles. The number of rotatable bonds is 2. The van der Waals surface area contributed by atoms with E-state index < -0.39 is 5.60 Å². The molecule has 1 heterocycles. The van der Waals surface area contributed by atoms with Crippen LogP contribution in [0.1, 0.15) is 47.0 Å². The number of amides is 2. The third-order valence-electron chi connectivity index (χ3n) is 3.28. The molecular formula is C14H26N2O3. The molecule has 1 atom stereocenters. The van der Waals surface area contributed by atoms with Crippen LogP contribution in [-0.4, -0.2) is 53.6 Å². The van der Waals surface area contributed by atoms with Crippen LogP contribution in [0.15, 0.2) is 0 Å². The average Bonchev–Trinajstić information content (AvgIpc) is 2.35. The molecule has 0 radical (unpaired) electrons. The second-order valence-corrected chi connectivity index (χ2v) is 6.08. The van der Waals surface area contributed by atoms with Crippen LogP contribution in [-0.2, 0) is 9.53 Å². The first-order valence-electron chi connectivity index (χ1n) is 6.98. The second kappa shape index (κ2) is 6.26. The van der Waals surface area contributed by atoms with Crippen molar-refractivity contribution in [3.63, 3.8) is 0 Å². The molecule has 1 unspecified atom stereocenters. The molecule has 5 heteroatoms. The summed E-state index contributed by atoms with van der Waals surface area (Å²) in [6.07, 6.45) is 2.05. The van der Waals surface area contributed by atoms with Crippen LogP contribution < -0.4 is 0 Å². The first-order valence-corrected chi connectivity index (χ1v) is 6.98. The molecule has 0 aromatic carbocycles. The van der Waals surface area contributed by atoms with Crippen molar-refractivity contribution >= 4 is 12.0 Å². The fourth-order valence-corrected chi connectivity index (χ4v) is 2.20. The smallest absolute Gasteiger partial charge is 0.410 e. The Kier molecular flexibility index (Phi) is 5.20. The first-order chi connectivity index (χ1) is 8.74. The van der Waals surface area contributed by atoms with Crippen LogP contribution in [0, 0.1) is 0 Å². The summed E-state index contributed by atoms with van der Waals surface area (Å²) >= 11 is 0. The van der Waals surface area contributed by atoms with E-state index in [2.05, 4.69) is 0 Å². The number of likely N-dealkylation sites (tertiary alicyclic amines) is 1. The van der Waals surface area contributed by atoms with Crippen LogP contribution >= 0.6 is 0 Å². The number of piperidine rings is 1. The van der Waals surface area contributed by atoms with Crippen molar-refractivity contribution in [2.24, 2.45) is 0 Å². The molecule has 0 aromatic heterocycles. The van der Waals surface area contributed by atoms with Crippen LogP contribution in [0.4, 0.5) is 4.79 Å². The Labute approximate surface area is 115 Å². The maximum atomic E-state index is 12.0. The lowest BCUT2D eigenvalue weighted by Gasteiger charge is -2.38. The van der Waals surface area contributed by atoms with Crippen LogP contribution in [0.2, 0.25) is 0 Å². The fraction of sp³-hybridized carbons (Fsp3) is 0.857. The molecular weight excluding hydrogens is 244 g/mol. The third kappa shape index (κ3) is 4.73. The summed E-state index contributed by atoms with van der Waals surface area (Å²) < 4.78 is 5.36. The summed E-state index contributed by atoms with van der Waals surface area (Å²) in [5, 5.41) is 0. The van der Waals surface area contributed by atoms with Gasteiger partial charge >= 0.3 is 6.09 Å². The normalized spacial score (nSPS) is 20.1. The number of carbonyl (C=O) groups is 2. The highest BCUT2D eigenvalue weighted by Gasteiger charge is 2.30. The van der Waals surface area contributed by atoms with Gasteiger partial charge in [-0.1, -0.05) is 6.92 Å². The Morgan fingerprint density at radius 2 is 2.00 bits per heavy atom. The summed E-state index contributed by atoms with van der Waals surface area (Å²) in [6, 6.07) is 0.0547. The number of likely N-dealkylation sites (N-methyl/N-ethyl adjacent to an activating group) is 1. The SMILES string of the molecule is CCC(=O)N1CCCC(N(C)C(=O)OC(C)(C)C)C1. The Morgan fingerprint density at radius 3 is 2.53 bits per heavy atom. The second-order valence-electron chi connectivity index (χ2n) is 6.08. The predicted molar refractivity (Wildman–Crippen MR) is 73.9 cm³/mol. The Balaban J connectivity index is 2.59. The molecule has 1 aliphatic rings. The van der Waals surface area contributed by atoms with Gasteiger partial charge in [0.15, 0.2) is 0 Å². The lowest BCUT2D eigenvalue weighted by molar-refractivity contribution is -0.132. The summed E-state index contributed by atoms with van der Waals surface area (Å²) in [7, 11) is 1.75. The Hall–Kier alpha value is -1.26. The zero-order valence-electron chi connectivity index (χ0n) is 12.7. The van der Waals surface area contributed by atoms with Gasteiger partial charge in [-0.3, -0.25) is 4.79 Å². The summed E-state index contributed by atoms with van der Waals surface area (Å²) in [6.45, 7) is 8.84. The van der Waals surface area contributed by atoms with Gasteiger partial charge in [0.1, 0.15) is 5.60 Å². The highest BCUT2D eigenvalue weighted by molar-refractivity contribution is 5.76. The topological polar surface area (TPSA) is 49.9 Å². The van der Waals surface area contributed by atoms with Gasteiger partial charge in [-0.05, 0) is 33.6 Å². The van der Waals surface area contributed by atoms with Crippen molar-refractivity contribution in [3.05, 3.63) is 0 Å². The molecule has 110 valence electrons. The largest absolute Gasteiger partial charge is 0.444 e. The molecule has 0 bridgehead atoms. The minimum absolute atomic E-state index is 0.0547. The van der Waals surface area contributed by atoms with Crippen molar-refractivity contribution in [2.75, 3.05) is 20.1 Å². The van der Waals surface area contributed by atoms with E-state index in [0.29, 0.717) is 13.0 Å². The van der Waals surface area contributed by atoms with E-state index in [9.17, 15) is 9.59 Å². The molecule has 1 fully saturated rings. The zero-order chi connectivity index (χ0) is 14.6. The fourth-order valence-electron chi connectivity index (χ4n) is 2.20. The van der Waals surface area contributed by atoms with Gasteiger partial charge in [-0.25, -0.2) is 4.79 Å². The third-order valence-corrected chi connectivity index (χ3v) is 3.28. The average molecular weight is 270 g/mol. The van der Waals surface area contributed by atoms with Gasteiger partial charge in [0, 0.05) is 26.6 Å². The minimum atomic E-state index is -0.487. The summed E-state index contributed by atoms with van der Waals surface area (Å²) in [5.74, 6) is 0.155. The lowest BCUT2D eigenvalue weighted by Crippen LogP contribution is -2.51. The standard InChI is InChI=1S/C14H26N2O3/c1-6-12(17)16-9-7-8-11(10-16)15(5)13(18)19-14(2,3)4/h11H,6-10H2,1-5H3. The van der Waals surface area contributed by atoms with Crippen molar-refractivity contribution in [2.45, 2.75) is 58.6 Å². The van der Waals surface area contributed by atoms with Crippen LogP contribution in [0.3, 0.4) is 0 Å². The van der Waals surface area contributed by atoms with Gasteiger partial charge in [0.2, 0.25) is 5.91 Å². The molecule has 0 N–H and O–H groups in total. The van der Waals surface area contributed by atoms with E-state index in [-0.39, 0.29) is 18.0 Å². The van der Waals surface area contributed by atoms with Gasteiger partial charge in [0.25, 0.3) is 0 Å². The van der Waals surface area contributed by atoms with E-state index >= 15 is 0 Å². The summed E-state index contributed by atoms with van der Waals surface area (Å²) in [5.41, 5.74) is -0.487. The number of ether oxygens (including phenoxy) is 1. The number of hydrogen-bond donors (Lipinski definition) is 0.